The van der Waals surface area contributed by atoms with Crippen LogP contribution in [0.25, 0.3) is 0 Å². The van der Waals surface area contributed by atoms with E-state index in [9.17, 15) is 4.79 Å². The van der Waals surface area contributed by atoms with Crippen LogP contribution in [0, 0.1) is 6.92 Å². The van der Waals surface area contributed by atoms with Gasteiger partial charge < -0.3 is 11.1 Å². The van der Waals surface area contributed by atoms with Gasteiger partial charge >= 0.3 is 0 Å². The first kappa shape index (κ1) is 11.5. The van der Waals surface area contributed by atoms with E-state index >= 15 is 0 Å². The van der Waals surface area contributed by atoms with Crippen LogP contribution in [0.4, 0.5) is 5.69 Å². The lowest BCUT2D eigenvalue weighted by Gasteiger charge is -2.10. The number of carbonyl (C=O) groups excluding carboxylic acids is 1. The van der Waals surface area contributed by atoms with Crippen molar-refractivity contribution in [1.29, 1.82) is 0 Å². The van der Waals surface area contributed by atoms with Crippen molar-refractivity contribution in [2.24, 2.45) is 5.73 Å². The average molecular weight is 322 g/mol. The van der Waals surface area contributed by atoms with E-state index < -0.39 is 0 Å². The number of hydrogen-bond acceptors (Lipinski definition) is 2. The molecule has 5 heteroatoms. The minimum Gasteiger partial charge on any atom is -0.374 e. The first-order valence-corrected chi connectivity index (χ1v) is 5.57. The van der Waals surface area contributed by atoms with Crippen molar-refractivity contribution in [2.75, 3.05) is 11.9 Å². The van der Waals surface area contributed by atoms with Crippen LogP contribution >= 0.6 is 31.9 Å². The fraction of sp³-hybridized carbons (Fsp3) is 0.222. The molecule has 0 spiro atoms. The number of primary amides is 1. The lowest BCUT2D eigenvalue weighted by Crippen LogP contribution is -2.22. The topological polar surface area (TPSA) is 55.1 Å². The molecular weight excluding hydrogens is 312 g/mol. The van der Waals surface area contributed by atoms with Gasteiger partial charge in [-0.2, -0.15) is 0 Å². The first-order valence-electron chi connectivity index (χ1n) is 3.98. The van der Waals surface area contributed by atoms with Crippen molar-refractivity contribution in [3.05, 3.63) is 26.6 Å². The Bertz CT molecular complexity index is 343. The summed E-state index contributed by atoms with van der Waals surface area (Å²) in [4.78, 5) is 10.6. The number of halogens is 2. The maximum absolute atomic E-state index is 10.6. The van der Waals surface area contributed by atoms with Crippen LogP contribution in [0.1, 0.15) is 5.56 Å². The number of amides is 1. The van der Waals surface area contributed by atoms with E-state index in [0.29, 0.717) is 0 Å². The number of carbonyl (C=O) groups is 1. The van der Waals surface area contributed by atoms with Gasteiger partial charge in [-0.25, -0.2) is 0 Å². The highest BCUT2D eigenvalue weighted by Gasteiger charge is 2.06. The van der Waals surface area contributed by atoms with Crippen LogP contribution < -0.4 is 11.1 Å². The van der Waals surface area contributed by atoms with Crippen LogP contribution in [0.3, 0.4) is 0 Å². The molecule has 0 aromatic heterocycles. The van der Waals surface area contributed by atoms with Crippen molar-refractivity contribution in [3.63, 3.8) is 0 Å². The van der Waals surface area contributed by atoms with Gasteiger partial charge in [-0.15, -0.1) is 0 Å². The molecule has 0 radical (unpaired) electrons. The third-order valence-corrected chi connectivity index (χ3v) is 2.88. The Morgan fingerprint density at radius 1 is 1.43 bits per heavy atom. The second-order valence-electron chi connectivity index (χ2n) is 2.92. The SMILES string of the molecule is Cc1cc(Br)c(NCC(N)=O)c(Br)c1. The van der Waals surface area contributed by atoms with Crippen molar-refractivity contribution in [3.8, 4) is 0 Å². The van der Waals surface area contributed by atoms with Crippen molar-refractivity contribution >= 4 is 43.5 Å². The summed E-state index contributed by atoms with van der Waals surface area (Å²) in [7, 11) is 0. The second kappa shape index (κ2) is 4.79. The molecule has 0 saturated heterocycles. The molecular formula is C9H10Br2N2O. The molecule has 0 aliphatic rings. The molecule has 1 rings (SSSR count). The number of anilines is 1. The molecule has 0 heterocycles. The van der Waals surface area contributed by atoms with Crippen LogP contribution in [-0.2, 0) is 4.79 Å². The van der Waals surface area contributed by atoms with Crippen LogP contribution in [-0.4, -0.2) is 12.5 Å². The van der Waals surface area contributed by atoms with Gasteiger partial charge in [-0.1, -0.05) is 0 Å². The summed E-state index contributed by atoms with van der Waals surface area (Å²) in [6.07, 6.45) is 0. The van der Waals surface area contributed by atoms with Crippen LogP contribution in [0.5, 0.6) is 0 Å². The lowest BCUT2D eigenvalue weighted by molar-refractivity contribution is -0.116. The van der Waals surface area contributed by atoms with E-state index in [1.54, 1.807) is 0 Å². The van der Waals surface area contributed by atoms with Gasteiger partial charge in [0.05, 0.1) is 12.2 Å². The predicted molar refractivity (Wildman–Crippen MR) is 64.3 cm³/mol. The maximum atomic E-state index is 10.6. The van der Waals surface area contributed by atoms with Gasteiger partial charge in [0.1, 0.15) is 0 Å². The quantitative estimate of drug-likeness (QED) is 0.898. The van der Waals surface area contributed by atoms with Crippen LogP contribution in [0.15, 0.2) is 21.1 Å². The zero-order chi connectivity index (χ0) is 10.7. The molecule has 0 aliphatic heterocycles. The fourth-order valence-corrected chi connectivity index (χ4v) is 2.74. The van der Waals surface area contributed by atoms with Gasteiger partial charge in [-0.3, -0.25) is 4.79 Å². The summed E-state index contributed by atoms with van der Waals surface area (Å²) in [5.74, 6) is -0.385. The summed E-state index contributed by atoms with van der Waals surface area (Å²) < 4.78 is 1.82. The van der Waals surface area contributed by atoms with Gasteiger partial charge in [0.15, 0.2) is 0 Å². The third kappa shape index (κ3) is 2.99. The van der Waals surface area contributed by atoms with Crippen LogP contribution in [0.2, 0.25) is 0 Å². The smallest absolute Gasteiger partial charge is 0.236 e. The predicted octanol–water partition coefficient (Wildman–Crippen LogP) is 2.42. The monoisotopic (exact) mass is 320 g/mol. The second-order valence-corrected chi connectivity index (χ2v) is 4.63. The normalized spacial score (nSPS) is 9.93. The molecule has 0 saturated carbocycles. The molecule has 3 nitrogen and oxygen atoms in total. The maximum Gasteiger partial charge on any atom is 0.236 e. The van der Waals surface area contributed by atoms with Gasteiger partial charge in [0, 0.05) is 8.95 Å². The van der Waals surface area contributed by atoms with E-state index in [1.165, 1.54) is 0 Å². The minimum absolute atomic E-state index is 0.125. The Morgan fingerprint density at radius 2 is 1.93 bits per heavy atom. The Morgan fingerprint density at radius 3 is 2.36 bits per heavy atom. The Balaban J connectivity index is 2.91. The zero-order valence-electron chi connectivity index (χ0n) is 7.60. The van der Waals surface area contributed by atoms with E-state index in [-0.39, 0.29) is 12.5 Å². The molecule has 0 atom stereocenters. The number of nitrogens with one attached hydrogen (secondary N) is 1. The summed E-state index contributed by atoms with van der Waals surface area (Å²) >= 11 is 6.81. The number of hydrogen-bond donors (Lipinski definition) is 2. The van der Waals surface area contributed by atoms with E-state index in [1.807, 2.05) is 19.1 Å². The molecule has 1 amide bonds. The first-order chi connectivity index (χ1) is 6.50. The summed E-state index contributed by atoms with van der Waals surface area (Å²) in [5, 5.41) is 2.94. The van der Waals surface area contributed by atoms with Gasteiger partial charge in [0.25, 0.3) is 0 Å². The summed E-state index contributed by atoms with van der Waals surface area (Å²) in [6, 6.07) is 3.93. The number of nitrogens with two attached hydrogens (primary N) is 1. The number of benzene rings is 1. The molecule has 76 valence electrons. The lowest BCUT2D eigenvalue weighted by atomic mass is 10.2. The van der Waals surface area contributed by atoms with Crippen molar-refractivity contribution in [1.82, 2.24) is 0 Å². The minimum atomic E-state index is -0.385. The molecule has 0 unspecified atom stereocenters. The largest absolute Gasteiger partial charge is 0.374 e. The Labute approximate surface area is 99.3 Å². The molecule has 0 bridgehead atoms. The summed E-state index contributed by atoms with van der Waals surface area (Å²) in [6.45, 7) is 2.12. The van der Waals surface area contributed by atoms with Gasteiger partial charge in [-0.05, 0) is 56.5 Å². The average Bonchev–Trinajstić information content (AvgIpc) is 2.01. The van der Waals surface area contributed by atoms with Gasteiger partial charge in [0.2, 0.25) is 5.91 Å². The highest BCUT2D eigenvalue weighted by Crippen LogP contribution is 2.31. The highest BCUT2D eigenvalue weighted by atomic mass is 79.9. The van der Waals surface area contributed by atoms with E-state index in [2.05, 4.69) is 37.2 Å². The van der Waals surface area contributed by atoms with E-state index in [4.69, 9.17) is 5.73 Å². The molecule has 0 fully saturated rings. The van der Waals surface area contributed by atoms with Crippen molar-refractivity contribution in [2.45, 2.75) is 6.92 Å². The Kier molecular flexibility index (Phi) is 3.95. The molecule has 3 N–H and O–H groups in total. The molecule has 1 aromatic carbocycles. The highest BCUT2D eigenvalue weighted by molar-refractivity contribution is 9.11. The van der Waals surface area contributed by atoms with E-state index in [0.717, 1.165) is 20.2 Å². The van der Waals surface area contributed by atoms with Crippen molar-refractivity contribution < 1.29 is 4.79 Å². The fourth-order valence-electron chi connectivity index (χ4n) is 1.04. The third-order valence-electron chi connectivity index (χ3n) is 1.63. The zero-order valence-corrected chi connectivity index (χ0v) is 10.8. The number of rotatable bonds is 3. The Hall–Kier alpha value is -0.550. The molecule has 0 aliphatic carbocycles. The molecule has 1 aromatic rings. The summed E-state index contributed by atoms with van der Waals surface area (Å²) in [5.41, 5.74) is 7.01. The molecule has 14 heavy (non-hydrogen) atoms. The number of aryl methyl sites for hydroxylation is 1. The standard InChI is InChI=1S/C9H10Br2N2O/c1-5-2-6(10)9(7(11)3-5)13-4-8(12)14/h2-3,13H,4H2,1H3,(H2,12,14).